The normalized spacial score (nSPS) is 18.8. The summed E-state index contributed by atoms with van der Waals surface area (Å²) in [4.78, 5) is 2.51. The first kappa shape index (κ1) is 14.0. The van der Waals surface area contributed by atoms with E-state index in [2.05, 4.69) is 35.2 Å². The van der Waals surface area contributed by atoms with Crippen molar-refractivity contribution < 1.29 is 4.74 Å². The van der Waals surface area contributed by atoms with E-state index < -0.39 is 0 Å². The van der Waals surface area contributed by atoms with Crippen LogP contribution < -0.4 is 10.5 Å². The number of nitrogens with zero attached hydrogens (tertiary/aromatic N) is 1. The summed E-state index contributed by atoms with van der Waals surface area (Å²) < 4.78 is 5.92. The van der Waals surface area contributed by atoms with Crippen molar-refractivity contribution >= 4 is 5.69 Å². The van der Waals surface area contributed by atoms with Gasteiger partial charge in [0.05, 0.1) is 5.69 Å². The average molecular weight is 282 g/mol. The number of benzene rings is 2. The molecule has 1 aliphatic rings. The van der Waals surface area contributed by atoms with Gasteiger partial charge in [0.2, 0.25) is 0 Å². The van der Waals surface area contributed by atoms with Gasteiger partial charge in [-0.05, 0) is 37.1 Å². The van der Waals surface area contributed by atoms with Crippen LogP contribution in [0.1, 0.15) is 18.4 Å². The topological polar surface area (TPSA) is 38.5 Å². The van der Waals surface area contributed by atoms with Crippen molar-refractivity contribution in [2.24, 2.45) is 0 Å². The number of ether oxygens (including phenoxy) is 1. The van der Waals surface area contributed by atoms with E-state index in [9.17, 15) is 0 Å². The SMILES string of the molecule is Nc1ccccc1OC[C@@H]1CCCN1Cc1ccccc1. The highest BCUT2D eigenvalue weighted by molar-refractivity contribution is 5.51. The van der Waals surface area contributed by atoms with Gasteiger partial charge < -0.3 is 10.5 Å². The number of hydrogen-bond donors (Lipinski definition) is 1. The van der Waals surface area contributed by atoms with E-state index in [0.29, 0.717) is 18.3 Å². The molecule has 0 aliphatic carbocycles. The minimum absolute atomic E-state index is 0.477. The van der Waals surface area contributed by atoms with Gasteiger partial charge in [-0.2, -0.15) is 0 Å². The van der Waals surface area contributed by atoms with Gasteiger partial charge in [-0.15, -0.1) is 0 Å². The molecular weight excluding hydrogens is 260 g/mol. The molecule has 0 unspecified atom stereocenters. The number of para-hydroxylation sites is 2. The molecule has 2 aromatic carbocycles. The van der Waals surface area contributed by atoms with E-state index in [0.717, 1.165) is 18.8 Å². The first-order chi connectivity index (χ1) is 10.3. The maximum Gasteiger partial charge on any atom is 0.142 e. The first-order valence-electron chi connectivity index (χ1n) is 7.58. The van der Waals surface area contributed by atoms with Crippen LogP contribution in [0.15, 0.2) is 54.6 Å². The van der Waals surface area contributed by atoms with Gasteiger partial charge in [-0.1, -0.05) is 42.5 Å². The summed E-state index contributed by atoms with van der Waals surface area (Å²) >= 11 is 0. The lowest BCUT2D eigenvalue weighted by Crippen LogP contribution is -2.33. The van der Waals surface area contributed by atoms with Crippen LogP contribution in [0.5, 0.6) is 5.75 Å². The Hall–Kier alpha value is -2.00. The van der Waals surface area contributed by atoms with Crippen LogP contribution in [0.4, 0.5) is 5.69 Å². The van der Waals surface area contributed by atoms with Gasteiger partial charge in [0.1, 0.15) is 12.4 Å². The predicted molar refractivity (Wildman–Crippen MR) is 86.2 cm³/mol. The summed E-state index contributed by atoms with van der Waals surface area (Å²) in [6.45, 7) is 2.85. The highest BCUT2D eigenvalue weighted by Gasteiger charge is 2.25. The first-order valence-corrected chi connectivity index (χ1v) is 7.58. The summed E-state index contributed by atoms with van der Waals surface area (Å²) in [5, 5.41) is 0. The van der Waals surface area contributed by atoms with Gasteiger partial charge in [0, 0.05) is 12.6 Å². The molecule has 0 aromatic heterocycles. The molecule has 1 saturated heterocycles. The summed E-state index contributed by atoms with van der Waals surface area (Å²) in [5.41, 5.74) is 8.00. The number of anilines is 1. The molecule has 0 bridgehead atoms. The number of nitrogen functional groups attached to an aromatic ring is 1. The third kappa shape index (κ3) is 3.56. The van der Waals surface area contributed by atoms with Crippen LogP contribution in [0, 0.1) is 0 Å². The maximum atomic E-state index is 5.92. The third-order valence-corrected chi connectivity index (χ3v) is 4.08. The lowest BCUT2D eigenvalue weighted by Gasteiger charge is -2.24. The Morgan fingerprint density at radius 1 is 1.05 bits per heavy atom. The second-order valence-electron chi connectivity index (χ2n) is 5.60. The van der Waals surface area contributed by atoms with Gasteiger partial charge >= 0.3 is 0 Å². The fourth-order valence-electron chi connectivity index (χ4n) is 2.91. The van der Waals surface area contributed by atoms with Crippen molar-refractivity contribution in [2.45, 2.75) is 25.4 Å². The fourth-order valence-corrected chi connectivity index (χ4v) is 2.91. The largest absolute Gasteiger partial charge is 0.490 e. The summed E-state index contributed by atoms with van der Waals surface area (Å²) in [5.74, 6) is 0.795. The van der Waals surface area contributed by atoms with Crippen molar-refractivity contribution in [3.63, 3.8) is 0 Å². The minimum Gasteiger partial charge on any atom is -0.490 e. The van der Waals surface area contributed by atoms with Crippen LogP contribution >= 0.6 is 0 Å². The van der Waals surface area contributed by atoms with E-state index >= 15 is 0 Å². The molecule has 0 amide bonds. The Morgan fingerprint density at radius 2 is 1.81 bits per heavy atom. The zero-order chi connectivity index (χ0) is 14.5. The molecule has 0 spiro atoms. The zero-order valence-electron chi connectivity index (χ0n) is 12.2. The monoisotopic (exact) mass is 282 g/mol. The molecular formula is C18H22N2O. The molecule has 2 aromatic rings. The molecule has 1 aliphatic heterocycles. The molecule has 3 heteroatoms. The number of rotatable bonds is 5. The molecule has 3 nitrogen and oxygen atoms in total. The van der Waals surface area contributed by atoms with Crippen LogP contribution in [0.25, 0.3) is 0 Å². The van der Waals surface area contributed by atoms with Crippen molar-refractivity contribution in [3.05, 3.63) is 60.2 Å². The quantitative estimate of drug-likeness (QED) is 0.855. The molecule has 3 rings (SSSR count). The molecule has 1 atom stereocenters. The van der Waals surface area contributed by atoms with E-state index in [1.807, 2.05) is 24.3 Å². The van der Waals surface area contributed by atoms with Crippen molar-refractivity contribution in [2.75, 3.05) is 18.9 Å². The average Bonchev–Trinajstić information content (AvgIpc) is 2.95. The third-order valence-electron chi connectivity index (χ3n) is 4.08. The maximum absolute atomic E-state index is 5.92. The Labute approximate surface area is 126 Å². The number of nitrogens with two attached hydrogens (primary N) is 1. The van der Waals surface area contributed by atoms with Crippen LogP contribution in [0.3, 0.4) is 0 Å². The molecule has 1 heterocycles. The Bertz CT molecular complexity index is 570. The molecule has 2 N–H and O–H groups in total. The van der Waals surface area contributed by atoms with Crippen LogP contribution in [-0.2, 0) is 6.54 Å². The molecule has 0 radical (unpaired) electrons. The van der Waals surface area contributed by atoms with Crippen molar-refractivity contribution in [1.82, 2.24) is 4.90 Å². The van der Waals surface area contributed by atoms with Crippen molar-refractivity contribution in [3.8, 4) is 5.75 Å². The van der Waals surface area contributed by atoms with E-state index in [4.69, 9.17) is 10.5 Å². The molecule has 0 saturated carbocycles. The summed E-state index contributed by atoms with van der Waals surface area (Å²) in [6.07, 6.45) is 2.44. The lowest BCUT2D eigenvalue weighted by atomic mass is 10.2. The lowest BCUT2D eigenvalue weighted by molar-refractivity contribution is 0.167. The second kappa shape index (κ2) is 6.64. The van der Waals surface area contributed by atoms with Gasteiger partial charge in [0.15, 0.2) is 0 Å². The van der Waals surface area contributed by atoms with E-state index in [1.165, 1.54) is 18.4 Å². The smallest absolute Gasteiger partial charge is 0.142 e. The Morgan fingerprint density at radius 3 is 2.62 bits per heavy atom. The van der Waals surface area contributed by atoms with E-state index in [1.54, 1.807) is 0 Å². The highest BCUT2D eigenvalue weighted by atomic mass is 16.5. The fraction of sp³-hybridized carbons (Fsp3) is 0.333. The summed E-state index contributed by atoms with van der Waals surface area (Å²) in [6, 6.07) is 18.8. The second-order valence-corrected chi connectivity index (χ2v) is 5.60. The summed E-state index contributed by atoms with van der Waals surface area (Å²) in [7, 11) is 0. The van der Waals surface area contributed by atoms with Gasteiger partial charge in [-0.25, -0.2) is 0 Å². The van der Waals surface area contributed by atoms with Crippen LogP contribution in [-0.4, -0.2) is 24.1 Å². The highest BCUT2D eigenvalue weighted by Crippen LogP contribution is 2.24. The number of hydrogen-bond acceptors (Lipinski definition) is 3. The number of likely N-dealkylation sites (tertiary alicyclic amines) is 1. The van der Waals surface area contributed by atoms with E-state index in [-0.39, 0.29) is 0 Å². The Kier molecular flexibility index (Phi) is 4.41. The molecule has 110 valence electrons. The van der Waals surface area contributed by atoms with Crippen molar-refractivity contribution in [1.29, 1.82) is 0 Å². The predicted octanol–water partition coefficient (Wildman–Crippen LogP) is 3.31. The van der Waals surface area contributed by atoms with Gasteiger partial charge in [-0.3, -0.25) is 4.90 Å². The Balaban J connectivity index is 1.58. The standard InChI is InChI=1S/C18H22N2O/c19-17-10-4-5-11-18(17)21-14-16-9-6-12-20(16)13-15-7-2-1-3-8-15/h1-5,7-8,10-11,16H,6,9,12-14,19H2/t16-/m0/s1. The van der Waals surface area contributed by atoms with Crippen LogP contribution in [0.2, 0.25) is 0 Å². The minimum atomic E-state index is 0.477. The molecule has 21 heavy (non-hydrogen) atoms. The van der Waals surface area contributed by atoms with Gasteiger partial charge in [0.25, 0.3) is 0 Å². The molecule has 1 fully saturated rings. The zero-order valence-corrected chi connectivity index (χ0v) is 12.2.